The zero-order valence-electron chi connectivity index (χ0n) is 17.4. The zero-order chi connectivity index (χ0) is 21.9. The van der Waals surface area contributed by atoms with Gasteiger partial charge in [0.1, 0.15) is 6.10 Å². The predicted molar refractivity (Wildman–Crippen MR) is 123 cm³/mol. The third-order valence-electron chi connectivity index (χ3n) is 5.89. The Bertz CT molecular complexity index is 1260. The van der Waals surface area contributed by atoms with Crippen LogP contribution in [-0.4, -0.2) is 18.0 Å². The normalized spacial score (nSPS) is 17.4. The minimum Gasteiger partial charge on any atom is -0.454 e. The Hall–Kier alpha value is -3.92. The first-order valence-corrected chi connectivity index (χ1v) is 10.7. The quantitative estimate of drug-likeness (QED) is 0.384. The monoisotopic (exact) mass is 422 g/mol. The van der Waals surface area contributed by atoms with E-state index in [1.54, 1.807) is 48.5 Å². The van der Waals surface area contributed by atoms with Crippen molar-refractivity contribution in [1.82, 2.24) is 0 Å². The Labute approximate surface area is 186 Å². The number of ether oxygens (including phenoxy) is 2. The molecule has 0 N–H and O–H groups in total. The van der Waals surface area contributed by atoms with E-state index in [4.69, 9.17) is 9.47 Å². The fourth-order valence-corrected chi connectivity index (χ4v) is 4.32. The topological polar surface area (TPSA) is 52.6 Å². The summed E-state index contributed by atoms with van der Waals surface area (Å²) in [5.41, 5.74) is 2.98. The predicted octanol–water partition coefficient (Wildman–Crippen LogP) is 5.91. The van der Waals surface area contributed by atoms with Crippen LogP contribution in [0.15, 0.2) is 97.1 Å². The third-order valence-corrected chi connectivity index (χ3v) is 5.89. The summed E-state index contributed by atoms with van der Waals surface area (Å²) in [5.74, 6) is -0.850. The highest BCUT2D eigenvalue weighted by Crippen LogP contribution is 2.40. The molecule has 1 aliphatic rings. The van der Waals surface area contributed by atoms with E-state index in [2.05, 4.69) is 12.1 Å². The number of fused-ring (bicyclic) bond motifs is 3. The fourth-order valence-electron chi connectivity index (χ4n) is 4.32. The summed E-state index contributed by atoms with van der Waals surface area (Å²) >= 11 is 0. The van der Waals surface area contributed by atoms with Crippen LogP contribution in [0.1, 0.15) is 44.4 Å². The molecule has 0 heterocycles. The summed E-state index contributed by atoms with van der Waals surface area (Å²) in [6, 6.07) is 30.0. The molecule has 4 aromatic rings. The van der Waals surface area contributed by atoms with E-state index in [1.165, 1.54) is 0 Å². The number of hydrogen-bond acceptors (Lipinski definition) is 4. The molecule has 2 unspecified atom stereocenters. The molecule has 0 fully saturated rings. The van der Waals surface area contributed by atoms with E-state index >= 15 is 0 Å². The molecule has 0 saturated heterocycles. The van der Waals surface area contributed by atoms with Gasteiger partial charge in [0.05, 0.1) is 11.1 Å². The molecule has 5 rings (SSSR count). The summed E-state index contributed by atoms with van der Waals surface area (Å²) in [6.45, 7) is 0. The van der Waals surface area contributed by atoms with Crippen LogP contribution in [0.5, 0.6) is 0 Å². The van der Waals surface area contributed by atoms with E-state index in [9.17, 15) is 9.59 Å². The van der Waals surface area contributed by atoms with Gasteiger partial charge in [-0.05, 0) is 53.4 Å². The van der Waals surface area contributed by atoms with Crippen LogP contribution in [0, 0.1) is 0 Å². The number of esters is 2. The molecule has 0 spiro atoms. The van der Waals surface area contributed by atoms with E-state index in [1.807, 2.05) is 36.4 Å². The van der Waals surface area contributed by atoms with Crippen molar-refractivity contribution >= 4 is 22.7 Å². The van der Waals surface area contributed by atoms with Crippen LogP contribution in [-0.2, 0) is 15.9 Å². The second-order valence-electron chi connectivity index (χ2n) is 7.90. The number of benzene rings is 4. The lowest BCUT2D eigenvalue weighted by atomic mass is 9.83. The Morgan fingerprint density at radius 3 is 1.94 bits per heavy atom. The molecule has 158 valence electrons. The molecule has 2 atom stereocenters. The molecule has 0 saturated carbocycles. The molecule has 0 amide bonds. The van der Waals surface area contributed by atoms with E-state index in [-0.39, 0.29) is 0 Å². The molecular formula is C28H22O4. The molecule has 4 aromatic carbocycles. The van der Waals surface area contributed by atoms with Crippen LogP contribution in [0.4, 0.5) is 0 Å². The molecule has 0 radical (unpaired) electrons. The maximum atomic E-state index is 13.0. The molecular weight excluding hydrogens is 400 g/mol. The van der Waals surface area contributed by atoms with Crippen molar-refractivity contribution in [1.29, 1.82) is 0 Å². The van der Waals surface area contributed by atoms with Crippen molar-refractivity contribution in [2.24, 2.45) is 0 Å². The van der Waals surface area contributed by atoms with E-state index < -0.39 is 24.1 Å². The van der Waals surface area contributed by atoms with Crippen molar-refractivity contribution in [3.8, 4) is 0 Å². The van der Waals surface area contributed by atoms with E-state index in [0.29, 0.717) is 17.5 Å². The highest BCUT2D eigenvalue weighted by Gasteiger charge is 2.37. The molecule has 4 heteroatoms. The van der Waals surface area contributed by atoms with Gasteiger partial charge in [0.2, 0.25) is 0 Å². The van der Waals surface area contributed by atoms with Crippen LogP contribution < -0.4 is 0 Å². The van der Waals surface area contributed by atoms with Crippen molar-refractivity contribution in [2.45, 2.75) is 25.0 Å². The van der Waals surface area contributed by atoms with Gasteiger partial charge < -0.3 is 9.47 Å². The largest absolute Gasteiger partial charge is 0.454 e. The minimum absolute atomic E-state index is 0.417. The minimum atomic E-state index is -0.690. The van der Waals surface area contributed by atoms with Crippen molar-refractivity contribution in [3.05, 3.63) is 119 Å². The first kappa shape index (κ1) is 20.0. The maximum Gasteiger partial charge on any atom is 0.338 e. The SMILES string of the molecule is O=C(OC1CCc2ccc3ccccc3c2C1OC(=O)c1ccccc1)c1ccccc1. The zero-order valence-corrected chi connectivity index (χ0v) is 17.4. The standard InChI is InChI=1S/C28H22O4/c29-27(21-10-3-1-4-11-21)31-24-18-17-20-16-15-19-9-7-8-14-23(19)25(20)26(24)32-28(30)22-12-5-2-6-13-22/h1-16,24,26H,17-18H2. The second-order valence-corrected chi connectivity index (χ2v) is 7.90. The Morgan fingerprint density at radius 2 is 1.25 bits per heavy atom. The number of carbonyl (C=O) groups excluding carboxylic acids is 2. The van der Waals surface area contributed by atoms with Gasteiger partial charge in [-0.2, -0.15) is 0 Å². The van der Waals surface area contributed by atoms with Gasteiger partial charge in [0.25, 0.3) is 0 Å². The summed E-state index contributed by atoms with van der Waals surface area (Å²) in [6.07, 6.45) is 0.0574. The molecule has 0 aromatic heterocycles. The Balaban J connectivity index is 1.54. The summed E-state index contributed by atoms with van der Waals surface area (Å²) in [5, 5.41) is 2.07. The van der Waals surface area contributed by atoms with Crippen molar-refractivity contribution < 1.29 is 19.1 Å². The number of aryl methyl sites for hydroxylation is 1. The number of rotatable bonds is 4. The van der Waals surface area contributed by atoms with Crippen LogP contribution in [0.25, 0.3) is 10.8 Å². The number of hydrogen-bond donors (Lipinski definition) is 0. The Morgan fingerprint density at radius 1 is 0.656 bits per heavy atom. The third kappa shape index (κ3) is 3.87. The fraction of sp³-hybridized carbons (Fsp3) is 0.143. The average molecular weight is 422 g/mol. The Kier molecular flexibility index (Phi) is 5.42. The smallest absolute Gasteiger partial charge is 0.338 e. The van der Waals surface area contributed by atoms with Gasteiger partial charge in [0, 0.05) is 5.56 Å². The molecule has 0 aliphatic heterocycles. The highest BCUT2D eigenvalue weighted by atomic mass is 16.6. The lowest BCUT2D eigenvalue weighted by molar-refractivity contribution is -0.0432. The van der Waals surface area contributed by atoms with Crippen molar-refractivity contribution in [2.75, 3.05) is 0 Å². The van der Waals surface area contributed by atoms with Gasteiger partial charge in [0.15, 0.2) is 6.10 Å². The lowest BCUT2D eigenvalue weighted by Crippen LogP contribution is -2.33. The van der Waals surface area contributed by atoms with Gasteiger partial charge >= 0.3 is 11.9 Å². The highest BCUT2D eigenvalue weighted by molar-refractivity contribution is 5.92. The average Bonchev–Trinajstić information content (AvgIpc) is 2.86. The van der Waals surface area contributed by atoms with Gasteiger partial charge in [-0.15, -0.1) is 0 Å². The molecule has 0 bridgehead atoms. The molecule has 4 nitrogen and oxygen atoms in total. The van der Waals surface area contributed by atoms with Gasteiger partial charge in [-0.1, -0.05) is 72.8 Å². The molecule has 1 aliphatic carbocycles. The molecule has 32 heavy (non-hydrogen) atoms. The van der Waals surface area contributed by atoms with Crippen molar-refractivity contribution in [3.63, 3.8) is 0 Å². The summed E-state index contributed by atoms with van der Waals surface area (Å²) in [4.78, 5) is 25.8. The second kappa shape index (κ2) is 8.67. The maximum absolute atomic E-state index is 13.0. The van der Waals surface area contributed by atoms with Crippen LogP contribution in [0.2, 0.25) is 0 Å². The van der Waals surface area contributed by atoms with Gasteiger partial charge in [-0.25, -0.2) is 9.59 Å². The summed E-state index contributed by atoms with van der Waals surface area (Å²) < 4.78 is 12.0. The number of carbonyl (C=O) groups is 2. The van der Waals surface area contributed by atoms with Crippen LogP contribution >= 0.6 is 0 Å². The van der Waals surface area contributed by atoms with Gasteiger partial charge in [-0.3, -0.25) is 0 Å². The first-order valence-electron chi connectivity index (χ1n) is 10.7. The van der Waals surface area contributed by atoms with Crippen LogP contribution in [0.3, 0.4) is 0 Å². The van der Waals surface area contributed by atoms with E-state index in [0.717, 1.165) is 28.3 Å². The first-order chi connectivity index (χ1) is 15.7. The summed E-state index contributed by atoms with van der Waals surface area (Å²) in [7, 11) is 0. The lowest BCUT2D eigenvalue weighted by Gasteiger charge is -2.33.